The predicted molar refractivity (Wildman–Crippen MR) is 46.4 cm³/mol. The van der Waals surface area contributed by atoms with Crippen molar-refractivity contribution >= 4 is 29.6 Å². The summed E-state index contributed by atoms with van der Waals surface area (Å²) in [6.45, 7) is 0. The first kappa shape index (κ1) is 8.56. The van der Waals surface area contributed by atoms with Gasteiger partial charge in [0.1, 0.15) is 5.15 Å². The van der Waals surface area contributed by atoms with Crippen molar-refractivity contribution in [3.05, 3.63) is 23.0 Å². The highest BCUT2D eigenvalue weighted by Gasteiger charge is 2.04. The molecule has 0 saturated carbocycles. The average Bonchev–Trinajstić information content (AvgIpc) is 2.04. The SMILES string of the molecule is CSc1c(C=O)ccnc1Cl. The molecule has 0 N–H and O–H groups in total. The number of carbonyl (C=O) groups is 1. The van der Waals surface area contributed by atoms with Gasteiger partial charge in [0.2, 0.25) is 0 Å². The fraction of sp³-hybridized carbons (Fsp3) is 0.143. The molecule has 0 saturated heterocycles. The lowest BCUT2D eigenvalue weighted by molar-refractivity contribution is 0.112. The van der Waals surface area contributed by atoms with Crippen molar-refractivity contribution < 1.29 is 4.79 Å². The van der Waals surface area contributed by atoms with Gasteiger partial charge in [-0.2, -0.15) is 0 Å². The highest BCUT2D eigenvalue weighted by atomic mass is 35.5. The van der Waals surface area contributed by atoms with Gasteiger partial charge in [-0.05, 0) is 12.3 Å². The van der Waals surface area contributed by atoms with Gasteiger partial charge in [-0.15, -0.1) is 11.8 Å². The van der Waals surface area contributed by atoms with Crippen molar-refractivity contribution in [2.75, 3.05) is 6.26 Å². The summed E-state index contributed by atoms with van der Waals surface area (Å²) in [5, 5.41) is 0.391. The molecule has 0 bridgehead atoms. The third-order valence-electron chi connectivity index (χ3n) is 1.22. The normalized spacial score (nSPS) is 9.64. The Morgan fingerprint density at radius 1 is 1.73 bits per heavy atom. The monoisotopic (exact) mass is 187 g/mol. The Kier molecular flexibility index (Phi) is 2.91. The Labute approximate surface area is 74.0 Å². The van der Waals surface area contributed by atoms with Crippen molar-refractivity contribution in [1.82, 2.24) is 4.98 Å². The standard InChI is InChI=1S/C7H6ClNOS/c1-11-6-5(4-10)2-3-9-7(6)8/h2-4H,1H3. The largest absolute Gasteiger partial charge is 0.298 e. The van der Waals surface area contributed by atoms with Crippen LogP contribution in [0.15, 0.2) is 17.2 Å². The van der Waals surface area contributed by atoms with Crippen LogP contribution in [0.1, 0.15) is 10.4 Å². The fourth-order valence-electron chi connectivity index (χ4n) is 0.731. The number of thioether (sulfide) groups is 1. The topological polar surface area (TPSA) is 30.0 Å². The van der Waals surface area contributed by atoms with Crippen LogP contribution >= 0.6 is 23.4 Å². The van der Waals surface area contributed by atoms with Crippen LogP contribution in [0, 0.1) is 0 Å². The summed E-state index contributed by atoms with van der Waals surface area (Å²) in [5.74, 6) is 0. The molecule has 0 unspecified atom stereocenters. The number of aldehydes is 1. The Hall–Kier alpha value is -0.540. The summed E-state index contributed by atoms with van der Waals surface area (Å²) in [6, 6.07) is 1.64. The van der Waals surface area contributed by atoms with Crippen LogP contribution in [-0.2, 0) is 0 Å². The third-order valence-corrected chi connectivity index (χ3v) is 2.46. The molecule has 1 aromatic rings. The van der Waals surface area contributed by atoms with Gasteiger partial charge in [0.05, 0.1) is 4.90 Å². The molecule has 0 atom stereocenters. The minimum absolute atomic E-state index is 0.391. The highest BCUT2D eigenvalue weighted by molar-refractivity contribution is 7.98. The van der Waals surface area contributed by atoms with Gasteiger partial charge < -0.3 is 0 Å². The number of rotatable bonds is 2. The van der Waals surface area contributed by atoms with E-state index in [1.54, 1.807) is 6.07 Å². The Bertz CT molecular complexity index is 277. The van der Waals surface area contributed by atoms with E-state index in [1.165, 1.54) is 18.0 Å². The van der Waals surface area contributed by atoms with Crippen molar-refractivity contribution in [3.63, 3.8) is 0 Å². The Balaban J connectivity index is 3.23. The maximum absolute atomic E-state index is 10.4. The number of pyridine rings is 1. The van der Waals surface area contributed by atoms with E-state index in [0.29, 0.717) is 10.7 Å². The van der Waals surface area contributed by atoms with Crippen molar-refractivity contribution in [1.29, 1.82) is 0 Å². The quantitative estimate of drug-likeness (QED) is 0.404. The number of hydrogen-bond donors (Lipinski definition) is 0. The smallest absolute Gasteiger partial charge is 0.151 e. The maximum Gasteiger partial charge on any atom is 0.151 e. The lowest BCUT2D eigenvalue weighted by Crippen LogP contribution is -1.87. The zero-order chi connectivity index (χ0) is 8.27. The molecule has 1 rings (SSSR count). The second-order valence-electron chi connectivity index (χ2n) is 1.84. The summed E-state index contributed by atoms with van der Waals surface area (Å²) in [7, 11) is 0. The minimum atomic E-state index is 0.391. The Morgan fingerprint density at radius 3 is 2.91 bits per heavy atom. The molecule has 2 nitrogen and oxygen atoms in total. The molecular formula is C7H6ClNOS. The molecular weight excluding hydrogens is 182 g/mol. The van der Waals surface area contributed by atoms with E-state index in [1.807, 2.05) is 6.26 Å². The molecule has 1 aromatic heterocycles. The minimum Gasteiger partial charge on any atom is -0.298 e. The average molecular weight is 188 g/mol. The molecule has 0 amide bonds. The summed E-state index contributed by atoms with van der Waals surface area (Å²) in [5.41, 5.74) is 0.595. The van der Waals surface area contributed by atoms with E-state index in [9.17, 15) is 4.79 Å². The number of carbonyl (C=O) groups excluding carboxylic acids is 1. The van der Waals surface area contributed by atoms with Gasteiger partial charge in [-0.25, -0.2) is 4.98 Å². The fourth-order valence-corrected chi connectivity index (χ4v) is 1.70. The lowest BCUT2D eigenvalue weighted by atomic mass is 10.3. The van der Waals surface area contributed by atoms with Gasteiger partial charge >= 0.3 is 0 Å². The number of aromatic nitrogens is 1. The van der Waals surface area contributed by atoms with Crippen LogP contribution in [0.3, 0.4) is 0 Å². The summed E-state index contributed by atoms with van der Waals surface area (Å²) >= 11 is 7.14. The number of halogens is 1. The number of hydrogen-bond acceptors (Lipinski definition) is 3. The van der Waals surface area contributed by atoms with E-state index in [4.69, 9.17) is 11.6 Å². The van der Waals surface area contributed by atoms with Crippen LogP contribution in [0.4, 0.5) is 0 Å². The summed E-state index contributed by atoms with van der Waals surface area (Å²) in [6.07, 6.45) is 4.15. The third kappa shape index (κ3) is 1.73. The maximum atomic E-state index is 10.4. The first-order valence-electron chi connectivity index (χ1n) is 2.93. The van der Waals surface area contributed by atoms with Crippen LogP contribution in [0.5, 0.6) is 0 Å². The van der Waals surface area contributed by atoms with E-state index >= 15 is 0 Å². The first-order valence-corrected chi connectivity index (χ1v) is 4.53. The molecule has 4 heteroatoms. The predicted octanol–water partition coefficient (Wildman–Crippen LogP) is 2.27. The van der Waals surface area contributed by atoms with Crippen molar-refractivity contribution in [2.24, 2.45) is 0 Å². The van der Waals surface area contributed by atoms with E-state index < -0.39 is 0 Å². The van der Waals surface area contributed by atoms with Gasteiger partial charge in [-0.1, -0.05) is 11.6 Å². The second kappa shape index (κ2) is 3.74. The zero-order valence-electron chi connectivity index (χ0n) is 5.87. The summed E-state index contributed by atoms with van der Waals surface area (Å²) < 4.78 is 0. The first-order chi connectivity index (χ1) is 5.29. The molecule has 0 radical (unpaired) electrons. The van der Waals surface area contributed by atoms with E-state index in [0.717, 1.165) is 11.2 Å². The molecule has 0 spiro atoms. The van der Waals surface area contributed by atoms with Crippen LogP contribution < -0.4 is 0 Å². The second-order valence-corrected chi connectivity index (χ2v) is 3.02. The van der Waals surface area contributed by atoms with Crippen LogP contribution in [0.2, 0.25) is 5.15 Å². The van der Waals surface area contributed by atoms with E-state index in [-0.39, 0.29) is 0 Å². The van der Waals surface area contributed by atoms with Gasteiger partial charge in [0, 0.05) is 11.8 Å². The molecule has 0 fully saturated rings. The van der Waals surface area contributed by atoms with E-state index in [2.05, 4.69) is 4.98 Å². The van der Waals surface area contributed by atoms with Crippen molar-refractivity contribution in [3.8, 4) is 0 Å². The van der Waals surface area contributed by atoms with Crippen LogP contribution in [-0.4, -0.2) is 17.5 Å². The Morgan fingerprint density at radius 2 is 2.45 bits per heavy atom. The molecule has 0 aliphatic heterocycles. The van der Waals surface area contributed by atoms with Gasteiger partial charge in [-0.3, -0.25) is 4.79 Å². The number of nitrogens with zero attached hydrogens (tertiary/aromatic N) is 1. The molecule has 11 heavy (non-hydrogen) atoms. The highest BCUT2D eigenvalue weighted by Crippen LogP contribution is 2.25. The van der Waals surface area contributed by atoms with Gasteiger partial charge in [0.15, 0.2) is 6.29 Å². The molecule has 0 aliphatic carbocycles. The molecule has 0 aliphatic rings. The molecule has 1 heterocycles. The van der Waals surface area contributed by atoms with Crippen molar-refractivity contribution in [2.45, 2.75) is 4.90 Å². The lowest BCUT2D eigenvalue weighted by Gasteiger charge is -2.00. The molecule has 0 aromatic carbocycles. The molecule has 58 valence electrons. The zero-order valence-corrected chi connectivity index (χ0v) is 7.45. The van der Waals surface area contributed by atoms with Gasteiger partial charge in [0.25, 0.3) is 0 Å². The summed E-state index contributed by atoms with van der Waals surface area (Å²) in [4.78, 5) is 15.0. The van der Waals surface area contributed by atoms with Crippen LogP contribution in [0.25, 0.3) is 0 Å².